The van der Waals surface area contributed by atoms with Gasteiger partial charge in [0.1, 0.15) is 0 Å². The van der Waals surface area contributed by atoms with E-state index in [0.29, 0.717) is 12.2 Å². The highest BCUT2D eigenvalue weighted by molar-refractivity contribution is 5.88. The summed E-state index contributed by atoms with van der Waals surface area (Å²) in [4.78, 5) is 23.4. The molecule has 0 unspecified atom stereocenters. The van der Waals surface area contributed by atoms with E-state index in [4.69, 9.17) is 10.2 Å². The molecule has 0 atom stereocenters. The lowest BCUT2D eigenvalue weighted by Gasteiger charge is -2.28. The fraction of sp³-hybridized carbons (Fsp3) is 0.286. The third-order valence-corrected chi connectivity index (χ3v) is 3.22. The monoisotopic (exact) mass is 276 g/mol. The Kier molecular flexibility index (Phi) is 4.24. The molecule has 1 aromatic rings. The van der Waals surface area contributed by atoms with E-state index in [1.54, 1.807) is 0 Å². The summed E-state index contributed by atoms with van der Waals surface area (Å²) >= 11 is 0. The van der Waals surface area contributed by atoms with E-state index in [1.165, 1.54) is 4.90 Å². The Hall–Kier alpha value is -2.50. The largest absolute Gasteiger partial charge is 0.478 e. The normalized spacial score (nSPS) is 15.1. The van der Waals surface area contributed by atoms with Crippen molar-refractivity contribution >= 4 is 12.1 Å². The summed E-state index contributed by atoms with van der Waals surface area (Å²) in [5.41, 5.74) is 1.74. The van der Waals surface area contributed by atoms with Gasteiger partial charge >= 0.3 is 12.1 Å². The quantitative estimate of drug-likeness (QED) is 0.775. The molecule has 0 aliphatic carbocycles. The first-order valence-electron chi connectivity index (χ1n) is 6.29. The third-order valence-electron chi connectivity index (χ3n) is 3.22. The van der Waals surface area contributed by atoms with Gasteiger partial charge in [0, 0.05) is 18.8 Å². The molecule has 1 amide bonds. The van der Waals surface area contributed by atoms with E-state index in [0.717, 1.165) is 5.56 Å². The summed E-state index contributed by atoms with van der Waals surface area (Å²) in [6.45, 7) is 0.775. The number of nitrogens with one attached hydrogen (secondary N) is 1. The number of carbonyl (C=O) groups is 2. The Morgan fingerprint density at radius 1 is 1.20 bits per heavy atom. The van der Waals surface area contributed by atoms with Crippen molar-refractivity contribution in [3.05, 3.63) is 47.2 Å². The lowest BCUT2D eigenvalue weighted by atomic mass is 10.1. The molecule has 0 spiro atoms. The molecule has 0 bridgehead atoms. The minimum absolute atomic E-state index is 0.0871. The highest BCUT2D eigenvalue weighted by atomic mass is 16.4. The van der Waals surface area contributed by atoms with E-state index < -0.39 is 12.1 Å². The van der Waals surface area contributed by atoms with E-state index in [-0.39, 0.29) is 25.1 Å². The molecule has 20 heavy (non-hydrogen) atoms. The number of hydrogen-bond donors (Lipinski definition) is 3. The van der Waals surface area contributed by atoms with Gasteiger partial charge in [-0.25, -0.2) is 9.59 Å². The lowest BCUT2D eigenvalue weighted by molar-refractivity contribution is -0.133. The van der Waals surface area contributed by atoms with Crippen LogP contribution in [0.1, 0.15) is 12.0 Å². The molecule has 2 rings (SSSR count). The van der Waals surface area contributed by atoms with Crippen LogP contribution in [0.25, 0.3) is 0 Å². The first-order valence-corrected chi connectivity index (χ1v) is 6.29. The van der Waals surface area contributed by atoms with Gasteiger partial charge in [-0.15, -0.1) is 0 Å². The van der Waals surface area contributed by atoms with E-state index in [9.17, 15) is 9.59 Å². The first-order chi connectivity index (χ1) is 9.58. The average Bonchev–Trinajstić information content (AvgIpc) is 2.45. The van der Waals surface area contributed by atoms with Gasteiger partial charge in [-0.1, -0.05) is 30.3 Å². The number of rotatable bonds is 4. The topological polar surface area (TPSA) is 89.9 Å². The molecule has 106 valence electrons. The van der Waals surface area contributed by atoms with Crippen LogP contribution in [0.4, 0.5) is 4.79 Å². The Morgan fingerprint density at radius 2 is 1.90 bits per heavy atom. The molecule has 0 saturated carbocycles. The van der Waals surface area contributed by atoms with Crippen LogP contribution in [-0.4, -0.2) is 40.3 Å². The van der Waals surface area contributed by atoms with Crippen molar-refractivity contribution < 1.29 is 19.8 Å². The fourth-order valence-corrected chi connectivity index (χ4v) is 2.13. The summed E-state index contributed by atoms with van der Waals surface area (Å²) in [5, 5.41) is 21.2. The number of carboxylic acids is 1. The second kappa shape index (κ2) is 6.10. The zero-order valence-corrected chi connectivity index (χ0v) is 10.9. The molecule has 6 nitrogen and oxygen atoms in total. The van der Waals surface area contributed by atoms with Crippen LogP contribution in [0.15, 0.2) is 41.6 Å². The van der Waals surface area contributed by atoms with Crippen LogP contribution in [0.3, 0.4) is 0 Å². The molecule has 1 heterocycles. The molecule has 0 aromatic heterocycles. The maximum absolute atomic E-state index is 11.2. The number of aliphatic carboxylic acids is 1. The van der Waals surface area contributed by atoms with Gasteiger partial charge in [0.15, 0.2) is 0 Å². The Bertz CT molecular complexity index is 539. The summed E-state index contributed by atoms with van der Waals surface area (Å²) in [6, 6.07) is 9.54. The molecule has 1 aromatic carbocycles. The standard InChI is InChI=1S/C14H16N2O4/c17-13(18)11-6-7-16(14(19)20)9-12(11)15-8-10-4-2-1-3-5-10/h1-5,15H,6-9H2,(H,17,18)(H,19,20). The van der Waals surface area contributed by atoms with Gasteiger partial charge in [-0.3, -0.25) is 0 Å². The molecular formula is C14H16N2O4. The number of benzene rings is 1. The third kappa shape index (κ3) is 3.28. The maximum Gasteiger partial charge on any atom is 0.407 e. The second-order valence-corrected chi connectivity index (χ2v) is 4.56. The maximum atomic E-state index is 11.2. The van der Waals surface area contributed by atoms with Crippen molar-refractivity contribution in [2.45, 2.75) is 13.0 Å². The van der Waals surface area contributed by atoms with Crippen LogP contribution >= 0.6 is 0 Å². The molecule has 0 fully saturated rings. The van der Waals surface area contributed by atoms with Crippen LogP contribution < -0.4 is 5.32 Å². The summed E-state index contributed by atoms with van der Waals surface area (Å²) in [7, 11) is 0. The van der Waals surface area contributed by atoms with Gasteiger partial charge in [0.2, 0.25) is 0 Å². The summed E-state index contributed by atoms with van der Waals surface area (Å²) in [6.07, 6.45) is -0.813. The SMILES string of the molecule is O=C(O)C1=C(NCc2ccccc2)CN(C(=O)O)CC1. The number of nitrogens with zero attached hydrogens (tertiary/aromatic N) is 1. The molecule has 0 saturated heterocycles. The minimum Gasteiger partial charge on any atom is -0.478 e. The molecule has 0 radical (unpaired) electrons. The molecule has 1 aliphatic rings. The Labute approximate surface area is 116 Å². The summed E-state index contributed by atoms with van der Waals surface area (Å²) < 4.78 is 0. The highest BCUT2D eigenvalue weighted by Crippen LogP contribution is 2.17. The molecule has 1 aliphatic heterocycles. The Balaban J connectivity index is 2.11. The molecular weight excluding hydrogens is 260 g/mol. The smallest absolute Gasteiger partial charge is 0.407 e. The van der Waals surface area contributed by atoms with Gasteiger partial charge < -0.3 is 20.4 Å². The Morgan fingerprint density at radius 3 is 2.50 bits per heavy atom. The van der Waals surface area contributed by atoms with Crippen molar-refractivity contribution in [2.75, 3.05) is 13.1 Å². The minimum atomic E-state index is -1.03. The van der Waals surface area contributed by atoms with Gasteiger partial charge in [-0.2, -0.15) is 0 Å². The molecule has 3 N–H and O–H groups in total. The number of amides is 1. The van der Waals surface area contributed by atoms with Crippen LogP contribution in [0, 0.1) is 0 Å². The van der Waals surface area contributed by atoms with Crippen LogP contribution in [-0.2, 0) is 11.3 Å². The van der Waals surface area contributed by atoms with Crippen molar-refractivity contribution in [2.24, 2.45) is 0 Å². The van der Waals surface area contributed by atoms with E-state index in [1.807, 2.05) is 30.3 Å². The van der Waals surface area contributed by atoms with Crippen molar-refractivity contribution in [1.82, 2.24) is 10.2 Å². The summed E-state index contributed by atoms with van der Waals surface area (Å²) in [5.74, 6) is -0.995. The van der Waals surface area contributed by atoms with Crippen LogP contribution in [0.2, 0.25) is 0 Å². The van der Waals surface area contributed by atoms with E-state index >= 15 is 0 Å². The number of hydrogen-bond acceptors (Lipinski definition) is 3. The second-order valence-electron chi connectivity index (χ2n) is 4.56. The zero-order chi connectivity index (χ0) is 14.5. The van der Waals surface area contributed by atoms with Crippen molar-refractivity contribution in [3.63, 3.8) is 0 Å². The highest BCUT2D eigenvalue weighted by Gasteiger charge is 2.25. The number of carboxylic acid groups (broad SMARTS) is 2. The first kappa shape index (κ1) is 13.9. The fourth-order valence-electron chi connectivity index (χ4n) is 2.13. The predicted molar refractivity (Wildman–Crippen MR) is 72.2 cm³/mol. The van der Waals surface area contributed by atoms with Gasteiger partial charge in [0.25, 0.3) is 0 Å². The zero-order valence-electron chi connectivity index (χ0n) is 10.9. The van der Waals surface area contributed by atoms with Crippen molar-refractivity contribution in [3.8, 4) is 0 Å². The van der Waals surface area contributed by atoms with Crippen molar-refractivity contribution in [1.29, 1.82) is 0 Å². The van der Waals surface area contributed by atoms with Crippen LogP contribution in [0.5, 0.6) is 0 Å². The average molecular weight is 276 g/mol. The predicted octanol–water partition coefficient (Wildman–Crippen LogP) is 1.50. The molecule has 6 heteroatoms. The lowest BCUT2D eigenvalue weighted by Crippen LogP contribution is -2.40. The van der Waals surface area contributed by atoms with Gasteiger partial charge in [0.05, 0.1) is 12.1 Å². The van der Waals surface area contributed by atoms with Gasteiger partial charge in [-0.05, 0) is 12.0 Å². The van der Waals surface area contributed by atoms with E-state index in [2.05, 4.69) is 5.32 Å².